The lowest BCUT2D eigenvalue weighted by Crippen LogP contribution is -2.37. The van der Waals surface area contributed by atoms with E-state index in [4.69, 9.17) is 4.74 Å². The molecule has 2 aromatic rings. The monoisotopic (exact) mass is 394 g/mol. The quantitative estimate of drug-likeness (QED) is 0.794. The number of hydrogen-bond donors (Lipinski definition) is 1. The van der Waals surface area contributed by atoms with Gasteiger partial charge in [0.15, 0.2) is 0 Å². The van der Waals surface area contributed by atoms with E-state index in [1.165, 1.54) is 0 Å². The van der Waals surface area contributed by atoms with Gasteiger partial charge in [0.05, 0.1) is 12.2 Å². The summed E-state index contributed by atoms with van der Waals surface area (Å²) in [7, 11) is 1.78. The van der Waals surface area contributed by atoms with Crippen molar-refractivity contribution in [3.05, 3.63) is 59.2 Å². The first kappa shape index (κ1) is 20.6. The van der Waals surface area contributed by atoms with Gasteiger partial charge in [-0.25, -0.2) is 4.79 Å². The molecule has 0 saturated carbocycles. The zero-order chi connectivity index (χ0) is 21.2. The van der Waals surface area contributed by atoms with Gasteiger partial charge in [-0.3, -0.25) is 9.59 Å². The van der Waals surface area contributed by atoms with Crippen LogP contribution in [0.2, 0.25) is 0 Å². The van der Waals surface area contributed by atoms with Gasteiger partial charge in [0.2, 0.25) is 5.91 Å². The number of esters is 1. The number of nitrogens with one attached hydrogen (secondary N) is 1. The van der Waals surface area contributed by atoms with E-state index in [1.807, 2.05) is 26.0 Å². The minimum absolute atomic E-state index is 0.0788. The molecule has 2 amide bonds. The first-order chi connectivity index (χ1) is 13.7. The summed E-state index contributed by atoms with van der Waals surface area (Å²) in [5, 5.41) is 2.84. The minimum atomic E-state index is -0.434. The zero-order valence-corrected chi connectivity index (χ0v) is 17.2. The number of nitrogens with zero attached hydrogens (tertiary/aromatic N) is 1. The first-order valence-corrected chi connectivity index (χ1v) is 9.72. The minimum Gasteiger partial charge on any atom is -0.462 e. The number of hydrogen-bond acceptors (Lipinski definition) is 4. The van der Waals surface area contributed by atoms with E-state index in [0.717, 1.165) is 24.1 Å². The summed E-state index contributed by atoms with van der Waals surface area (Å²) >= 11 is 0. The average Bonchev–Trinajstić information content (AvgIpc) is 2.79. The fourth-order valence-corrected chi connectivity index (χ4v) is 3.48. The Morgan fingerprint density at radius 2 is 1.76 bits per heavy atom. The third-order valence-electron chi connectivity index (χ3n) is 5.26. The van der Waals surface area contributed by atoms with Crippen LogP contribution in [0.4, 0.5) is 11.4 Å². The molecule has 0 fully saturated rings. The summed E-state index contributed by atoms with van der Waals surface area (Å²) in [5.74, 6) is -0.554. The van der Waals surface area contributed by atoms with Gasteiger partial charge in [0, 0.05) is 29.4 Å². The van der Waals surface area contributed by atoms with Crippen molar-refractivity contribution in [3.63, 3.8) is 0 Å². The van der Waals surface area contributed by atoms with Crippen LogP contribution in [-0.4, -0.2) is 31.4 Å². The van der Waals surface area contributed by atoms with Gasteiger partial charge >= 0.3 is 5.97 Å². The molecule has 1 aliphatic rings. The van der Waals surface area contributed by atoms with Crippen LogP contribution < -0.4 is 10.2 Å². The lowest BCUT2D eigenvalue weighted by molar-refractivity contribution is -0.126. The van der Waals surface area contributed by atoms with Crippen molar-refractivity contribution in [1.29, 1.82) is 0 Å². The molecular formula is C23H26N2O4. The molecule has 29 heavy (non-hydrogen) atoms. The van der Waals surface area contributed by atoms with E-state index >= 15 is 0 Å². The lowest BCUT2D eigenvalue weighted by Gasteiger charge is -2.26. The second-order valence-electron chi connectivity index (χ2n) is 7.84. The molecule has 0 saturated heterocycles. The Balaban J connectivity index is 1.77. The molecule has 0 atom stereocenters. The number of carbonyl (C=O) groups is 3. The van der Waals surface area contributed by atoms with Crippen molar-refractivity contribution in [2.24, 2.45) is 5.41 Å². The molecule has 6 nitrogen and oxygen atoms in total. The van der Waals surface area contributed by atoms with E-state index in [9.17, 15) is 14.4 Å². The molecule has 1 heterocycles. The smallest absolute Gasteiger partial charge is 0.338 e. The predicted molar refractivity (Wildman–Crippen MR) is 112 cm³/mol. The van der Waals surface area contributed by atoms with Gasteiger partial charge in [-0.15, -0.1) is 0 Å². The van der Waals surface area contributed by atoms with Crippen molar-refractivity contribution in [2.45, 2.75) is 33.6 Å². The highest BCUT2D eigenvalue weighted by molar-refractivity contribution is 6.05. The van der Waals surface area contributed by atoms with Crippen molar-refractivity contribution in [3.8, 4) is 0 Å². The van der Waals surface area contributed by atoms with Crippen LogP contribution in [0.3, 0.4) is 0 Å². The fraction of sp³-hybridized carbons (Fsp3) is 0.348. The lowest BCUT2D eigenvalue weighted by atomic mass is 9.86. The summed E-state index contributed by atoms with van der Waals surface area (Å²) < 4.78 is 4.96. The number of anilines is 2. The molecule has 1 N–H and O–H groups in total. The molecule has 2 aromatic carbocycles. The highest BCUT2D eigenvalue weighted by Crippen LogP contribution is 2.35. The molecule has 0 spiro atoms. The largest absolute Gasteiger partial charge is 0.462 e. The van der Waals surface area contributed by atoms with Crippen LogP contribution in [0.5, 0.6) is 0 Å². The SMILES string of the molecule is CCOC(=O)c1ccc(NC(=O)c2ccc3c(c2)CCC(C)(C)C(=O)N3C)cc1. The molecule has 0 unspecified atom stereocenters. The number of ether oxygens (including phenoxy) is 1. The molecule has 152 valence electrons. The van der Waals surface area contributed by atoms with Crippen LogP contribution in [-0.2, 0) is 16.0 Å². The number of carbonyl (C=O) groups excluding carboxylic acids is 3. The Bertz CT molecular complexity index is 948. The molecule has 3 rings (SSSR count). The second kappa shape index (κ2) is 8.07. The van der Waals surface area contributed by atoms with Crippen LogP contribution >= 0.6 is 0 Å². The number of benzene rings is 2. The standard InChI is InChI=1S/C23H26N2O4/c1-5-29-21(27)15-6-9-18(10-7-15)24-20(26)17-8-11-19-16(14-17)12-13-23(2,3)22(28)25(19)4/h6-11,14H,5,12-13H2,1-4H3,(H,24,26). The first-order valence-electron chi connectivity index (χ1n) is 9.72. The highest BCUT2D eigenvalue weighted by Gasteiger charge is 2.34. The normalized spacial score (nSPS) is 15.3. The maximum Gasteiger partial charge on any atom is 0.338 e. The zero-order valence-electron chi connectivity index (χ0n) is 17.2. The Morgan fingerprint density at radius 3 is 2.41 bits per heavy atom. The number of rotatable bonds is 4. The van der Waals surface area contributed by atoms with E-state index in [1.54, 1.807) is 49.2 Å². The van der Waals surface area contributed by atoms with Gasteiger partial charge in [0.25, 0.3) is 5.91 Å². The molecule has 1 aliphatic heterocycles. The highest BCUT2D eigenvalue weighted by atomic mass is 16.5. The van der Waals surface area contributed by atoms with Crippen molar-refractivity contribution >= 4 is 29.2 Å². The third kappa shape index (κ3) is 4.31. The molecule has 0 aliphatic carbocycles. The van der Waals surface area contributed by atoms with E-state index in [-0.39, 0.29) is 11.8 Å². The maximum absolute atomic E-state index is 12.7. The maximum atomic E-state index is 12.7. The Hall–Kier alpha value is -3.15. The molecule has 0 bridgehead atoms. The topological polar surface area (TPSA) is 75.7 Å². The Morgan fingerprint density at radius 1 is 1.10 bits per heavy atom. The van der Waals surface area contributed by atoms with E-state index in [2.05, 4.69) is 5.32 Å². The Labute approximate surface area is 170 Å². The van der Waals surface area contributed by atoms with Gasteiger partial charge in [-0.1, -0.05) is 13.8 Å². The van der Waals surface area contributed by atoms with Crippen LogP contribution in [0, 0.1) is 5.41 Å². The van der Waals surface area contributed by atoms with Crippen molar-refractivity contribution in [2.75, 3.05) is 23.9 Å². The van der Waals surface area contributed by atoms with Crippen LogP contribution in [0.25, 0.3) is 0 Å². The van der Waals surface area contributed by atoms with Gasteiger partial charge in [0.1, 0.15) is 0 Å². The molecule has 0 radical (unpaired) electrons. The molecule has 6 heteroatoms. The van der Waals surface area contributed by atoms with Gasteiger partial charge in [-0.2, -0.15) is 0 Å². The predicted octanol–water partition coefficient (Wildman–Crippen LogP) is 4.05. The summed E-state index contributed by atoms with van der Waals surface area (Å²) in [5.41, 5.74) is 2.94. The summed E-state index contributed by atoms with van der Waals surface area (Å²) in [4.78, 5) is 38.7. The van der Waals surface area contributed by atoms with Crippen LogP contribution in [0.15, 0.2) is 42.5 Å². The summed E-state index contributed by atoms with van der Waals surface area (Å²) in [6.45, 7) is 5.96. The van der Waals surface area contributed by atoms with Gasteiger partial charge < -0.3 is 15.0 Å². The van der Waals surface area contributed by atoms with Crippen molar-refractivity contribution < 1.29 is 19.1 Å². The number of fused-ring (bicyclic) bond motifs is 1. The second-order valence-corrected chi connectivity index (χ2v) is 7.84. The molecular weight excluding hydrogens is 368 g/mol. The summed E-state index contributed by atoms with van der Waals surface area (Å²) in [6, 6.07) is 12.0. The van der Waals surface area contributed by atoms with Gasteiger partial charge in [-0.05, 0) is 67.8 Å². The average molecular weight is 394 g/mol. The van der Waals surface area contributed by atoms with E-state index in [0.29, 0.717) is 23.4 Å². The Kier molecular flexibility index (Phi) is 5.73. The third-order valence-corrected chi connectivity index (χ3v) is 5.26. The van der Waals surface area contributed by atoms with Crippen LogP contribution in [0.1, 0.15) is 53.5 Å². The van der Waals surface area contributed by atoms with Crippen molar-refractivity contribution in [1.82, 2.24) is 0 Å². The fourth-order valence-electron chi connectivity index (χ4n) is 3.48. The number of amides is 2. The summed E-state index contributed by atoms with van der Waals surface area (Å²) in [6.07, 6.45) is 1.46. The van der Waals surface area contributed by atoms with E-state index < -0.39 is 11.4 Å². The number of aryl methyl sites for hydroxylation is 1. The molecule has 0 aromatic heterocycles.